The first-order chi connectivity index (χ1) is 11.0. The van der Waals surface area contributed by atoms with Crippen molar-refractivity contribution in [1.29, 1.82) is 10.5 Å². The summed E-state index contributed by atoms with van der Waals surface area (Å²) < 4.78 is 39.6. The summed E-state index contributed by atoms with van der Waals surface area (Å²) in [4.78, 5) is 2.86. The molecule has 3 rings (SSSR count). The Morgan fingerprint density at radius 1 is 0.913 bits per heavy atom. The van der Waals surface area contributed by atoms with Gasteiger partial charge in [-0.3, -0.25) is 0 Å². The van der Waals surface area contributed by atoms with Gasteiger partial charge in [0.15, 0.2) is 0 Å². The van der Waals surface area contributed by atoms with Crippen molar-refractivity contribution in [3.05, 3.63) is 59.3 Å². The Bertz CT molecular complexity index is 985. The van der Waals surface area contributed by atoms with Crippen LogP contribution in [0.4, 0.5) is 13.2 Å². The molecule has 112 valence electrons. The van der Waals surface area contributed by atoms with Gasteiger partial charge >= 0.3 is 6.18 Å². The van der Waals surface area contributed by atoms with Crippen LogP contribution in [0.15, 0.2) is 42.6 Å². The second-order valence-electron chi connectivity index (χ2n) is 4.91. The molecule has 23 heavy (non-hydrogen) atoms. The number of nitrogens with one attached hydrogen (secondary N) is 1. The Balaban J connectivity index is 2.32. The van der Waals surface area contributed by atoms with Crippen LogP contribution in [-0.4, -0.2) is 4.98 Å². The highest BCUT2D eigenvalue weighted by molar-refractivity contribution is 5.98. The maximum absolute atomic E-state index is 13.2. The smallest absolute Gasteiger partial charge is 0.361 e. The second kappa shape index (κ2) is 5.19. The van der Waals surface area contributed by atoms with Gasteiger partial charge in [-0.2, -0.15) is 23.7 Å². The Morgan fingerprint density at radius 2 is 1.57 bits per heavy atom. The predicted molar refractivity (Wildman–Crippen MR) is 78.2 cm³/mol. The minimum absolute atomic E-state index is 0.0276. The molecule has 3 nitrogen and oxygen atoms in total. The highest BCUT2D eigenvalue weighted by Gasteiger charge is 2.33. The molecule has 0 fully saturated rings. The van der Waals surface area contributed by atoms with Gasteiger partial charge in [0.1, 0.15) is 12.1 Å². The molecular formula is C17H8F3N3. The van der Waals surface area contributed by atoms with Crippen LogP contribution in [0.3, 0.4) is 0 Å². The van der Waals surface area contributed by atoms with E-state index in [2.05, 4.69) is 4.98 Å². The van der Waals surface area contributed by atoms with Crippen LogP contribution in [0.25, 0.3) is 22.0 Å². The lowest BCUT2D eigenvalue weighted by molar-refractivity contribution is -0.137. The summed E-state index contributed by atoms with van der Waals surface area (Å²) in [5.74, 6) is 0. The van der Waals surface area contributed by atoms with E-state index in [0.29, 0.717) is 16.5 Å². The van der Waals surface area contributed by atoms with Crippen LogP contribution in [0.2, 0.25) is 0 Å². The van der Waals surface area contributed by atoms with Crippen LogP contribution >= 0.6 is 0 Å². The molecule has 0 atom stereocenters. The molecular weight excluding hydrogens is 303 g/mol. The fourth-order valence-electron chi connectivity index (χ4n) is 2.54. The maximum atomic E-state index is 13.2. The van der Waals surface area contributed by atoms with Gasteiger partial charge in [0.25, 0.3) is 0 Å². The number of benzene rings is 2. The monoisotopic (exact) mass is 311 g/mol. The second-order valence-corrected chi connectivity index (χ2v) is 4.91. The number of nitrogens with zero attached hydrogens (tertiary/aromatic N) is 2. The third-order valence-corrected chi connectivity index (χ3v) is 3.58. The zero-order chi connectivity index (χ0) is 16.6. The molecule has 0 bridgehead atoms. The predicted octanol–water partition coefficient (Wildman–Crippen LogP) is 4.60. The largest absolute Gasteiger partial charge is 0.417 e. The molecule has 0 aliphatic carbocycles. The number of aromatic amines is 1. The van der Waals surface area contributed by atoms with E-state index >= 15 is 0 Å². The van der Waals surface area contributed by atoms with Crippen molar-refractivity contribution in [2.24, 2.45) is 0 Å². The maximum Gasteiger partial charge on any atom is 0.417 e. The zero-order valence-corrected chi connectivity index (χ0v) is 11.6. The number of nitriles is 2. The zero-order valence-electron chi connectivity index (χ0n) is 11.6. The minimum Gasteiger partial charge on any atom is -0.361 e. The van der Waals surface area contributed by atoms with Gasteiger partial charge in [-0.25, -0.2) is 0 Å². The lowest BCUT2D eigenvalue weighted by atomic mass is 9.97. The Labute approximate surface area is 129 Å². The molecule has 2 aromatic carbocycles. The van der Waals surface area contributed by atoms with Gasteiger partial charge in [-0.05, 0) is 23.8 Å². The summed E-state index contributed by atoms with van der Waals surface area (Å²) in [5, 5.41) is 18.6. The molecule has 0 unspecified atom stereocenters. The minimum atomic E-state index is -4.48. The number of H-pyrrole nitrogens is 1. The molecule has 0 aliphatic heterocycles. The summed E-state index contributed by atoms with van der Waals surface area (Å²) >= 11 is 0. The van der Waals surface area contributed by atoms with Crippen molar-refractivity contribution in [3.63, 3.8) is 0 Å². The van der Waals surface area contributed by atoms with Gasteiger partial charge in [0.05, 0.1) is 16.7 Å². The summed E-state index contributed by atoms with van der Waals surface area (Å²) in [6.07, 6.45) is -3.03. The van der Waals surface area contributed by atoms with E-state index in [1.807, 2.05) is 12.1 Å². The van der Waals surface area contributed by atoms with E-state index in [1.54, 1.807) is 0 Å². The average molecular weight is 311 g/mol. The van der Waals surface area contributed by atoms with Crippen molar-refractivity contribution >= 4 is 10.9 Å². The highest BCUT2D eigenvalue weighted by atomic mass is 19.4. The van der Waals surface area contributed by atoms with Crippen molar-refractivity contribution in [1.82, 2.24) is 4.98 Å². The van der Waals surface area contributed by atoms with Gasteiger partial charge in [0.2, 0.25) is 0 Å². The van der Waals surface area contributed by atoms with Crippen molar-refractivity contribution in [3.8, 4) is 23.3 Å². The number of hydrogen-bond acceptors (Lipinski definition) is 2. The first kappa shape index (κ1) is 14.7. The number of aromatic nitrogens is 1. The summed E-state index contributed by atoms with van der Waals surface area (Å²) in [7, 11) is 0. The molecule has 3 aromatic rings. The first-order valence-electron chi connectivity index (χ1n) is 6.57. The molecule has 0 saturated carbocycles. The van der Waals surface area contributed by atoms with E-state index < -0.39 is 11.7 Å². The number of hydrogen-bond donors (Lipinski definition) is 1. The Morgan fingerprint density at radius 3 is 2.22 bits per heavy atom. The molecule has 1 aromatic heterocycles. The molecule has 0 saturated heterocycles. The van der Waals surface area contributed by atoms with Crippen LogP contribution in [0.5, 0.6) is 0 Å². The van der Waals surface area contributed by atoms with E-state index in [0.717, 1.165) is 6.07 Å². The third-order valence-electron chi connectivity index (χ3n) is 3.58. The Kier molecular flexibility index (Phi) is 3.31. The van der Waals surface area contributed by atoms with E-state index in [1.165, 1.54) is 36.5 Å². The quantitative estimate of drug-likeness (QED) is 0.714. The molecule has 0 spiro atoms. The highest BCUT2D eigenvalue weighted by Crippen LogP contribution is 2.39. The number of rotatable bonds is 1. The third kappa shape index (κ3) is 2.41. The van der Waals surface area contributed by atoms with Crippen LogP contribution in [0.1, 0.15) is 16.7 Å². The number of halogens is 3. The van der Waals surface area contributed by atoms with Crippen molar-refractivity contribution in [2.75, 3.05) is 0 Å². The molecule has 0 amide bonds. The van der Waals surface area contributed by atoms with Crippen LogP contribution in [0, 0.1) is 22.7 Å². The fourth-order valence-corrected chi connectivity index (χ4v) is 2.54. The van der Waals surface area contributed by atoms with E-state index in [4.69, 9.17) is 10.5 Å². The Hall–Kier alpha value is -3.25. The summed E-state index contributed by atoms with van der Waals surface area (Å²) in [6, 6.07) is 12.0. The van der Waals surface area contributed by atoms with Gasteiger partial charge in [-0.15, -0.1) is 0 Å². The lowest BCUT2D eigenvalue weighted by Gasteiger charge is -2.12. The lowest BCUT2D eigenvalue weighted by Crippen LogP contribution is -2.06. The van der Waals surface area contributed by atoms with Crippen LogP contribution in [-0.2, 0) is 6.18 Å². The number of fused-ring (bicyclic) bond motifs is 1. The average Bonchev–Trinajstić information content (AvgIpc) is 2.95. The fraction of sp³-hybridized carbons (Fsp3) is 0.0588. The standard InChI is InChI=1S/C17H8F3N3/c18-17(19,20)15-4-2-1-3-12(15)14-9-23-16-6-11(8-22)10(7-21)5-13(14)16/h1-6,9,23H. The normalized spacial score (nSPS) is 11.2. The molecule has 0 radical (unpaired) electrons. The molecule has 1 heterocycles. The van der Waals surface area contributed by atoms with Gasteiger partial charge in [-0.1, -0.05) is 18.2 Å². The number of alkyl halides is 3. The molecule has 6 heteroatoms. The van der Waals surface area contributed by atoms with Crippen molar-refractivity contribution in [2.45, 2.75) is 6.18 Å². The molecule has 0 aliphatic rings. The van der Waals surface area contributed by atoms with Crippen molar-refractivity contribution < 1.29 is 13.2 Å². The summed E-state index contributed by atoms with van der Waals surface area (Å²) in [5.41, 5.74) is 0.438. The van der Waals surface area contributed by atoms with Gasteiger partial charge in [0, 0.05) is 22.7 Å². The van der Waals surface area contributed by atoms with Crippen LogP contribution < -0.4 is 0 Å². The first-order valence-corrected chi connectivity index (χ1v) is 6.57. The van der Waals surface area contributed by atoms with Gasteiger partial charge < -0.3 is 4.98 Å². The van der Waals surface area contributed by atoms with E-state index in [9.17, 15) is 13.2 Å². The van der Waals surface area contributed by atoms with E-state index in [-0.39, 0.29) is 16.7 Å². The molecule has 1 N–H and O–H groups in total. The SMILES string of the molecule is N#Cc1cc2[nH]cc(-c3ccccc3C(F)(F)F)c2cc1C#N. The topological polar surface area (TPSA) is 63.4 Å². The summed E-state index contributed by atoms with van der Waals surface area (Å²) in [6.45, 7) is 0.